The maximum atomic E-state index is 14.0. The molecule has 1 N–H and O–H groups in total. The molecule has 194 valence electrons. The Balaban J connectivity index is 1.71. The quantitative estimate of drug-likeness (QED) is 0.318. The largest absolute Gasteiger partial charge is 0.497 e. The molecule has 0 amide bonds. The molecule has 2 aromatic heterocycles. The lowest BCUT2D eigenvalue weighted by Crippen LogP contribution is -2.44. The van der Waals surface area contributed by atoms with Gasteiger partial charge in [-0.05, 0) is 51.9 Å². The first-order valence-corrected chi connectivity index (χ1v) is 13.1. The number of aryl methyl sites for hydroxylation is 1. The van der Waals surface area contributed by atoms with Gasteiger partial charge in [0.1, 0.15) is 11.5 Å². The fourth-order valence-corrected chi connectivity index (χ4v) is 5.25. The predicted octanol–water partition coefficient (Wildman–Crippen LogP) is 2.02. The van der Waals surface area contributed by atoms with Gasteiger partial charge in [-0.15, -0.1) is 0 Å². The van der Waals surface area contributed by atoms with Gasteiger partial charge in [0.15, 0.2) is 11.2 Å². The summed E-state index contributed by atoms with van der Waals surface area (Å²) in [6.07, 6.45) is 0. The second-order valence-electron chi connectivity index (χ2n) is 8.95. The number of aromatic nitrogens is 4. The summed E-state index contributed by atoms with van der Waals surface area (Å²) in [7, 11) is 4.80. The third-order valence-electron chi connectivity index (χ3n) is 6.65. The Labute approximate surface area is 227 Å². The van der Waals surface area contributed by atoms with E-state index < -0.39 is 5.69 Å². The van der Waals surface area contributed by atoms with Gasteiger partial charge in [-0.1, -0.05) is 18.2 Å². The number of rotatable bonds is 7. The molecule has 0 bridgehead atoms. The van der Waals surface area contributed by atoms with E-state index in [0.717, 1.165) is 40.9 Å². The van der Waals surface area contributed by atoms with E-state index in [1.807, 2.05) is 22.8 Å². The van der Waals surface area contributed by atoms with Crippen molar-refractivity contribution in [3.05, 3.63) is 78.0 Å². The minimum atomic E-state index is -0.426. The fourth-order valence-electron chi connectivity index (χ4n) is 4.69. The van der Waals surface area contributed by atoms with E-state index in [4.69, 9.17) is 14.5 Å². The average molecular weight is 616 g/mol. The van der Waals surface area contributed by atoms with Crippen LogP contribution >= 0.6 is 22.6 Å². The zero-order valence-corrected chi connectivity index (χ0v) is 23.2. The van der Waals surface area contributed by atoms with Crippen molar-refractivity contribution in [2.24, 2.45) is 7.05 Å². The lowest BCUT2D eigenvalue weighted by Gasteiger charge is -2.28. The summed E-state index contributed by atoms with van der Waals surface area (Å²) in [5.74, 6) is 1.87. The Bertz CT molecular complexity index is 1550. The van der Waals surface area contributed by atoms with Crippen LogP contribution in [-0.2, 0) is 20.1 Å². The third kappa shape index (κ3) is 4.85. The second-order valence-corrected chi connectivity index (χ2v) is 10.1. The minimum Gasteiger partial charge on any atom is -0.497 e. The number of hydrogen-bond donors (Lipinski definition) is 1. The molecule has 1 saturated heterocycles. The summed E-state index contributed by atoms with van der Waals surface area (Å²) in [6.45, 7) is 3.73. The van der Waals surface area contributed by atoms with Crippen molar-refractivity contribution in [2.45, 2.75) is 13.1 Å². The summed E-state index contributed by atoms with van der Waals surface area (Å²) in [5, 5.41) is 3.36. The van der Waals surface area contributed by atoms with E-state index in [9.17, 15) is 9.59 Å². The van der Waals surface area contributed by atoms with E-state index >= 15 is 0 Å². The SMILES string of the molecule is COc1cc(Cn2c(=O)c3c(nc(N4CCNCC4)n3Cc3ccccc3I)n(C)c2=O)cc(OC)c1. The van der Waals surface area contributed by atoms with Crippen LogP contribution in [0.3, 0.4) is 0 Å². The van der Waals surface area contributed by atoms with Crippen molar-refractivity contribution in [3.8, 4) is 11.5 Å². The highest BCUT2D eigenvalue weighted by atomic mass is 127. The van der Waals surface area contributed by atoms with Crippen LogP contribution in [0.2, 0.25) is 0 Å². The van der Waals surface area contributed by atoms with Crippen molar-refractivity contribution >= 4 is 39.7 Å². The lowest BCUT2D eigenvalue weighted by atomic mass is 10.2. The molecule has 0 spiro atoms. The number of imidazole rings is 1. The van der Waals surface area contributed by atoms with Crippen molar-refractivity contribution in [1.82, 2.24) is 24.0 Å². The van der Waals surface area contributed by atoms with Crippen molar-refractivity contribution in [2.75, 3.05) is 45.3 Å². The predicted molar refractivity (Wildman–Crippen MR) is 151 cm³/mol. The molecule has 1 aliphatic rings. The van der Waals surface area contributed by atoms with Crippen LogP contribution in [0.15, 0.2) is 52.1 Å². The van der Waals surface area contributed by atoms with Crippen molar-refractivity contribution in [3.63, 3.8) is 0 Å². The maximum Gasteiger partial charge on any atom is 0.332 e. The highest BCUT2D eigenvalue weighted by Gasteiger charge is 2.25. The average Bonchev–Trinajstić information content (AvgIpc) is 3.30. The zero-order valence-electron chi connectivity index (χ0n) is 21.0. The van der Waals surface area contributed by atoms with E-state index in [1.54, 1.807) is 39.5 Å². The van der Waals surface area contributed by atoms with Crippen LogP contribution in [-0.4, -0.2) is 59.1 Å². The molecule has 0 saturated carbocycles. The summed E-state index contributed by atoms with van der Waals surface area (Å²) in [6, 6.07) is 13.4. The first-order valence-electron chi connectivity index (χ1n) is 12.0. The number of anilines is 1. The second kappa shape index (κ2) is 10.6. The Morgan fingerprint density at radius 2 is 1.65 bits per heavy atom. The molecular weight excluding hydrogens is 587 g/mol. The fraction of sp³-hybridized carbons (Fsp3) is 0.346. The number of piperazine rings is 1. The first-order chi connectivity index (χ1) is 17.9. The molecule has 5 rings (SSSR count). The van der Waals surface area contributed by atoms with Gasteiger partial charge < -0.3 is 19.7 Å². The summed E-state index contributed by atoms with van der Waals surface area (Å²) < 4.78 is 16.5. The highest BCUT2D eigenvalue weighted by molar-refractivity contribution is 14.1. The van der Waals surface area contributed by atoms with Crippen LogP contribution < -0.4 is 30.9 Å². The molecule has 11 heteroatoms. The van der Waals surface area contributed by atoms with E-state index in [0.29, 0.717) is 35.2 Å². The Morgan fingerprint density at radius 3 is 2.30 bits per heavy atom. The minimum absolute atomic E-state index is 0.0754. The number of benzene rings is 2. The van der Waals surface area contributed by atoms with Gasteiger partial charge in [0, 0.05) is 42.9 Å². The van der Waals surface area contributed by atoms with Crippen molar-refractivity contribution in [1.29, 1.82) is 0 Å². The number of methoxy groups -OCH3 is 2. The molecule has 10 nitrogen and oxygen atoms in total. The topological polar surface area (TPSA) is 95.5 Å². The van der Waals surface area contributed by atoms with E-state index in [-0.39, 0.29) is 12.1 Å². The number of nitrogens with one attached hydrogen (secondary N) is 1. The summed E-state index contributed by atoms with van der Waals surface area (Å²) >= 11 is 2.31. The standard InChI is InChI=1S/C26H29IN6O4/c1-30-23-22(24(34)33(26(30)35)15-17-12-19(36-2)14-20(13-17)37-3)32(16-18-6-4-5-7-21(18)27)25(29-23)31-10-8-28-9-11-31/h4-7,12-14,28H,8-11,15-16H2,1-3H3. The van der Waals surface area contributed by atoms with Gasteiger partial charge >= 0.3 is 5.69 Å². The number of ether oxygens (including phenoxy) is 2. The molecule has 2 aromatic carbocycles. The number of halogens is 1. The number of fused-ring (bicyclic) bond motifs is 1. The van der Waals surface area contributed by atoms with Crippen LogP contribution in [0.1, 0.15) is 11.1 Å². The first kappa shape index (κ1) is 25.3. The molecule has 1 fully saturated rings. The van der Waals surface area contributed by atoms with E-state index in [2.05, 4.69) is 38.9 Å². The van der Waals surface area contributed by atoms with Gasteiger partial charge in [-0.25, -0.2) is 4.79 Å². The van der Waals surface area contributed by atoms with Crippen LogP contribution in [0.25, 0.3) is 11.2 Å². The molecule has 0 radical (unpaired) electrons. The molecule has 3 heterocycles. The molecule has 0 atom stereocenters. The Kier molecular flexibility index (Phi) is 7.24. The van der Waals surface area contributed by atoms with Gasteiger partial charge in [0.05, 0.1) is 27.3 Å². The Morgan fingerprint density at radius 1 is 0.973 bits per heavy atom. The molecule has 1 aliphatic heterocycles. The molecular formula is C26H29IN6O4. The monoisotopic (exact) mass is 616 g/mol. The van der Waals surface area contributed by atoms with Crippen molar-refractivity contribution < 1.29 is 9.47 Å². The third-order valence-corrected chi connectivity index (χ3v) is 7.70. The normalized spacial score (nSPS) is 13.8. The van der Waals surface area contributed by atoms with Gasteiger partial charge in [-0.3, -0.25) is 18.5 Å². The van der Waals surface area contributed by atoms with Gasteiger partial charge in [0.25, 0.3) is 5.56 Å². The van der Waals surface area contributed by atoms with Gasteiger partial charge in [0.2, 0.25) is 5.95 Å². The molecule has 37 heavy (non-hydrogen) atoms. The lowest BCUT2D eigenvalue weighted by molar-refractivity contribution is 0.393. The molecule has 0 unspecified atom stereocenters. The molecule has 4 aromatic rings. The smallest absolute Gasteiger partial charge is 0.332 e. The zero-order chi connectivity index (χ0) is 26.1. The summed E-state index contributed by atoms with van der Waals surface area (Å²) in [4.78, 5) is 34.4. The van der Waals surface area contributed by atoms with E-state index in [1.165, 1.54) is 9.13 Å². The molecule has 0 aliphatic carbocycles. The van der Waals surface area contributed by atoms with Crippen LogP contribution in [0.5, 0.6) is 11.5 Å². The number of hydrogen-bond acceptors (Lipinski definition) is 7. The Hall–Kier alpha value is -3.32. The highest BCUT2D eigenvalue weighted by Crippen LogP contribution is 2.25. The van der Waals surface area contributed by atoms with Crippen LogP contribution in [0.4, 0.5) is 5.95 Å². The number of nitrogens with zero attached hydrogens (tertiary/aromatic N) is 5. The summed E-state index contributed by atoms with van der Waals surface area (Å²) in [5.41, 5.74) is 1.79. The van der Waals surface area contributed by atoms with Gasteiger partial charge in [-0.2, -0.15) is 4.98 Å². The maximum absolute atomic E-state index is 14.0. The van der Waals surface area contributed by atoms with Crippen LogP contribution in [0, 0.1) is 3.57 Å².